The van der Waals surface area contributed by atoms with Gasteiger partial charge in [-0.25, -0.2) is 0 Å². The smallest absolute Gasteiger partial charge is 0.0897 e. The summed E-state index contributed by atoms with van der Waals surface area (Å²) in [7, 11) is 0. The van der Waals surface area contributed by atoms with Crippen LogP contribution < -0.4 is 5.32 Å². The Kier molecular flexibility index (Phi) is 8.57. The van der Waals surface area contributed by atoms with Gasteiger partial charge in [-0.15, -0.1) is 0 Å². The van der Waals surface area contributed by atoms with Crippen molar-refractivity contribution in [2.24, 2.45) is 5.41 Å². The topological polar surface area (TPSA) is 60.0 Å². The molecule has 0 radical (unpaired) electrons. The van der Waals surface area contributed by atoms with Crippen LogP contribution in [0.3, 0.4) is 0 Å². The second-order valence-electron chi connectivity index (χ2n) is 5.48. The monoisotopic (exact) mass is 275 g/mol. The molecule has 2 N–H and O–H groups in total. The third kappa shape index (κ3) is 7.84. The lowest BCUT2D eigenvalue weighted by atomic mass is 9.82. The highest BCUT2D eigenvalue weighted by molar-refractivity contribution is 4.79. The number of ether oxygens (including phenoxy) is 3. The van der Waals surface area contributed by atoms with E-state index in [0.29, 0.717) is 38.4 Å². The summed E-state index contributed by atoms with van der Waals surface area (Å²) in [6, 6.07) is 0. The molecule has 1 saturated heterocycles. The molecule has 0 spiro atoms. The van der Waals surface area contributed by atoms with E-state index < -0.39 is 6.10 Å². The summed E-state index contributed by atoms with van der Waals surface area (Å²) in [5, 5.41) is 13.1. The van der Waals surface area contributed by atoms with Crippen molar-refractivity contribution < 1.29 is 19.3 Å². The minimum atomic E-state index is -0.454. The molecule has 19 heavy (non-hydrogen) atoms. The molecule has 0 aliphatic carbocycles. The van der Waals surface area contributed by atoms with Crippen LogP contribution in [0, 0.1) is 5.41 Å². The Morgan fingerprint density at radius 1 is 1.26 bits per heavy atom. The van der Waals surface area contributed by atoms with Crippen LogP contribution in [0.2, 0.25) is 0 Å². The molecule has 5 heteroatoms. The summed E-state index contributed by atoms with van der Waals surface area (Å²) >= 11 is 0. The van der Waals surface area contributed by atoms with Crippen LogP contribution in [0.15, 0.2) is 0 Å². The zero-order valence-electron chi connectivity index (χ0n) is 12.3. The van der Waals surface area contributed by atoms with Gasteiger partial charge in [0.25, 0.3) is 0 Å². The Hall–Kier alpha value is -0.200. The van der Waals surface area contributed by atoms with Gasteiger partial charge in [-0.3, -0.25) is 0 Å². The summed E-state index contributed by atoms with van der Waals surface area (Å²) in [6.07, 6.45) is 1.71. The van der Waals surface area contributed by atoms with Crippen LogP contribution in [0.5, 0.6) is 0 Å². The Labute approximate surface area is 116 Å². The van der Waals surface area contributed by atoms with Crippen molar-refractivity contribution in [3.05, 3.63) is 0 Å². The highest BCUT2D eigenvalue weighted by atomic mass is 16.5. The van der Waals surface area contributed by atoms with Gasteiger partial charge in [-0.1, -0.05) is 6.92 Å². The summed E-state index contributed by atoms with van der Waals surface area (Å²) in [6.45, 7) is 9.62. The van der Waals surface area contributed by atoms with Crippen LogP contribution in [0.25, 0.3) is 0 Å². The quantitative estimate of drug-likeness (QED) is 0.578. The molecule has 1 aliphatic rings. The van der Waals surface area contributed by atoms with Crippen molar-refractivity contribution in [2.45, 2.75) is 32.8 Å². The average Bonchev–Trinajstić information content (AvgIpc) is 2.39. The van der Waals surface area contributed by atoms with E-state index in [1.165, 1.54) is 0 Å². The summed E-state index contributed by atoms with van der Waals surface area (Å²) in [5.41, 5.74) is 0.299. The van der Waals surface area contributed by atoms with Crippen LogP contribution in [-0.2, 0) is 14.2 Å². The third-order valence-electron chi connectivity index (χ3n) is 3.52. The maximum absolute atomic E-state index is 9.77. The van der Waals surface area contributed by atoms with Crippen LogP contribution in [-0.4, -0.2) is 63.9 Å². The fourth-order valence-corrected chi connectivity index (χ4v) is 2.12. The van der Waals surface area contributed by atoms with E-state index >= 15 is 0 Å². The van der Waals surface area contributed by atoms with Gasteiger partial charge in [0.2, 0.25) is 0 Å². The van der Waals surface area contributed by atoms with E-state index in [0.717, 1.165) is 32.6 Å². The van der Waals surface area contributed by atoms with Gasteiger partial charge >= 0.3 is 0 Å². The Balaban J connectivity index is 1.98. The maximum atomic E-state index is 9.77. The van der Waals surface area contributed by atoms with Crippen molar-refractivity contribution in [1.29, 1.82) is 0 Å². The molecule has 0 aromatic carbocycles. The van der Waals surface area contributed by atoms with E-state index in [1.807, 2.05) is 6.92 Å². The van der Waals surface area contributed by atoms with Gasteiger partial charge in [0.05, 0.1) is 25.9 Å². The number of rotatable bonds is 10. The van der Waals surface area contributed by atoms with E-state index in [2.05, 4.69) is 12.2 Å². The molecule has 1 rings (SSSR count). The van der Waals surface area contributed by atoms with Gasteiger partial charge in [0.1, 0.15) is 0 Å². The Morgan fingerprint density at radius 2 is 1.95 bits per heavy atom. The molecule has 1 unspecified atom stereocenters. The average molecular weight is 275 g/mol. The number of nitrogens with one attached hydrogen (secondary N) is 1. The van der Waals surface area contributed by atoms with Crippen molar-refractivity contribution in [1.82, 2.24) is 5.32 Å². The highest BCUT2D eigenvalue weighted by Gasteiger charge is 2.26. The molecule has 5 nitrogen and oxygen atoms in total. The Morgan fingerprint density at radius 3 is 2.63 bits per heavy atom. The van der Waals surface area contributed by atoms with Crippen molar-refractivity contribution >= 4 is 0 Å². The first kappa shape index (κ1) is 16.9. The predicted octanol–water partition coefficient (Wildman–Crippen LogP) is 0.807. The lowest BCUT2D eigenvalue weighted by Crippen LogP contribution is -2.40. The standard InChI is InChI=1S/C14H29NO4/c1-3-17-8-9-19-11-13(16)10-15-12-14(2)4-6-18-7-5-14/h13,15-16H,3-12H2,1-2H3. The van der Waals surface area contributed by atoms with E-state index in [9.17, 15) is 5.11 Å². The fourth-order valence-electron chi connectivity index (χ4n) is 2.12. The molecule has 0 aromatic heterocycles. The van der Waals surface area contributed by atoms with Crippen molar-refractivity contribution in [3.8, 4) is 0 Å². The largest absolute Gasteiger partial charge is 0.389 e. The third-order valence-corrected chi connectivity index (χ3v) is 3.52. The summed E-state index contributed by atoms with van der Waals surface area (Å²) in [5.74, 6) is 0. The Bertz CT molecular complexity index is 219. The first-order valence-corrected chi connectivity index (χ1v) is 7.28. The zero-order valence-corrected chi connectivity index (χ0v) is 12.3. The molecule has 1 atom stereocenters. The van der Waals surface area contributed by atoms with Gasteiger partial charge in [-0.05, 0) is 25.2 Å². The lowest BCUT2D eigenvalue weighted by Gasteiger charge is -2.34. The summed E-state index contributed by atoms with van der Waals surface area (Å²) in [4.78, 5) is 0. The molecule has 1 heterocycles. The number of hydrogen-bond acceptors (Lipinski definition) is 5. The second-order valence-corrected chi connectivity index (χ2v) is 5.48. The summed E-state index contributed by atoms with van der Waals surface area (Å²) < 4.78 is 15.9. The van der Waals surface area contributed by atoms with Gasteiger partial charge in [-0.2, -0.15) is 0 Å². The number of aliphatic hydroxyl groups excluding tert-OH is 1. The lowest BCUT2D eigenvalue weighted by molar-refractivity contribution is 0.00178. The number of hydrogen-bond donors (Lipinski definition) is 2. The van der Waals surface area contributed by atoms with Gasteiger partial charge in [0.15, 0.2) is 0 Å². The van der Waals surface area contributed by atoms with Crippen LogP contribution in [0.4, 0.5) is 0 Å². The minimum Gasteiger partial charge on any atom is -0.389 e. The zero-order chi connectivity index (χ0) is 14.0. The van der Waals surface area contributed by atoms with Gasteiger partial charge in [0, 0.05) is 32.9 Å². The van der Waals surface area contributed by atoms with Crippen LogP contribution >= 0.6 is 0 Å². The molecular weight excluding hydrogens is 246 g/mol. The SMILES string of the molecule is CCOCCOCC(O)CNCC1(C)CCOCC1. The normalized spacial score (nSPS) is 20.4. The first-order valence-electron chi connectivity index (χ1n) is 7.28. The second kappa shape index (κ2) is 9.66. The molecule has 114 valence electrons. The van der Waals surface area contributed by atoms with E-state index in [-0.39, 0.29) is 0 Å². The fraction of sp³-hybridized carbons (Fsp3) is 1.00. The first-order chi connectivity index (χ1) is 9.16. The molecule has 0 bridgehead atoms. The number of aliphatic hydroxyl groups is 1. The molecule has 0 aromatic rings. The minimum absolute atomic E-state index is 0.299. The van der Waals surface area contributed by atoms with Crippen molar-refractivity contribution in [2.75, 3.05) is 52.7 Å². The molecule has 1 aliphatic heterocycles. The van der Waals surface area contributed by atoms with Gasteiger partial charge < -0.3 is 24.6 Å². The van der Waals surface area contributed by atoms with E-state index in [4.69, 9.17) is 14.2 Å². The predicted molar refractivity (Wildman–Crippen MR) is 74.3 cm³/mol. The maximum Gasteiger partial charge on any atom is 0.0897 e. The van der Waals surface area contributed by atoms with Crippen molar-refractivity contribution in [3.63, 3.8) is 0 Å². The molecule has 1 fully saturated rings. The molecular formula is C14H29NO4. The highest BCUT2D eigenvalue weighted by Crippen LogP contribution is 2.28. The molecule has 0 saturated carbocycles. The van der Waals surface area contributed by atoms with Crippen LogP contribution in [0.1, 0.15) is 26.7 Å². The van der Waals surface area contributed by atoms with E-state index in [1.54, 1.807) is 0 Å². The molecule has 0 amide bonds.